The summed E-state index contributed by atoms with van der Waals surface area (Å²) >= 11 is 0. The Morgan fingerprint density at radius 1 is 1.17 bits per heavy atom. The van der Waals surface area contributed by atoms with Gasteiger partial charge in [-0.3, -0.25) is 4.79 Å². The summed E-state index contributed by atoms with van der Waals surface area (Å²) in [5.74, 6) is -0.438. The van der Waals surface area contributed by atoms with Gasteiger partial charge in [-0.15, -0.1) is 0 Å². The van der Waals surface area contributed by atoms with Crippen LogP contribution >= 0.6 is 0 Å². The lowest BCUT2D eigenvalue weighted by Crippen LogP contribution is -2.38. The molecule has 2 aromatic heterocycles. The Morgan fingerprint density at radius 3 is 2.29 bits per heavy atom. The molecule has 3 N–H and O–H groups in total. The van der Waals surface area contributed by atoms with Gasteiger partial charge in [0.05, 0.1) is 19.9 Å². The van der Waals surface area contributed by atoms with Crippen LogP contribution in [0.3, 0.4) is 0 Å². The molecule has 12 heteroatoms. The maximum absolute atomic E-state index is 12.9. The predicted octanol–water partition coefficient (Wildman–Crippen LogP) is 3.76. The Bertz CT molecular complexity index is 992. The van der Waals surface area contributed by atoms with E-state index >= 15 is 0 Å². The fourth-order valence-corrected chi connectivity index (χ4v) is 3.30. The van der Waals surface area contributed by atoms with Crippen LogP contribution in [0.4, 0.5) is 19.0 Å². The largest absolute Gasteiger partial charge is 0.493 e. The summed E-state index contributed by atoms with van der Waals surface area (Å²) in [7, 11) is 1.57. The van der Waals surface area contributed by atoms with Crippen LogP contribution < -0.4 is 15.2 Å². The summed E-state index contributed by atoms with van der Waals surface area (Å²) in [6, 6.07) is 5.51. The molecule has 0 spiro atoms. The van der Waals surface area contributed by atoms with Gasteiger partial charge in [0.2, 0.25) is 0 Å². The number of alkyl halides is 3. The third-order valence-corrected chi connectivity index (χ3v) is 5.15. The van der Waals surface area contributed by atoms with Gasteiger partial charge in [-0.1, -0.05) is 19.9 Å². The van der Waals surface area contributed by atoms with Crippen molar-refractivity contribution in [2.24, 2.45) is 5.92 Å². The molecule has 1 aliphatic heterocycles. The van der Waals surface area contributed by atoms with Crippen molar-refractivity contribution >= 4 is 17.7 Å². The van der Waals surface area contributed by atoms with E-state index in [1.165, 1.54) is 5.56 Å². The molecule has 1 aliphatic rings. The zero-order valence-corrected chi connectivity index (χ0v) is 19.7. The number of nitrogens with two attached hydrogens (primary N) is 1. The predicted molar refractivity (Wildman–Crippen MR) is 121 cm³/mol. The fraction of sp³-hybridized carbons (Fsp3) is 0.478. The zero-order chi connectivity index (χ0) is 26.2. The molecule has 0 bridgehead atoms. The number of carboxylic acid groups (broad SMARTS) is 1. The van der Waals surface area contributed by atoms with Crippen molar-refractivity contribution in [2.45, 2.75) is 38.8 Å². The second-order valence-electron chi connectivity index (χ2n) is 8.31. The third kappa shape index (κ3) is 8.30. The first-order chi connectivity index (χ1) is 16.4. The van der Waals surface area contributed by atoms with E-state index < -0.39 is 12.1 Å². The first-order valence-corrected chi connectivity index (χ1v) is 10.9. The van der Waals surface area contributed by atoms with Gasteiger partial charge in [-0.2, -0.15) is 13.2 Å². The standard InChI is InChI=1S/C21H28N4O3.C2HF3O2/c1-14(2)13-28-19-12-23-17(10-18(19)27-3)21(26)25-8-6-15(7-9-25)16-4-5-20(22)24-11-16;3-2(4,5)1(6)7/h4-5,10-12,14-15H,6-9,13H2,1-3H3,(H2,22,24);(H,6,7). The van der Waals surface area contributed by atoms with E-state index in [0.717, 1.165) is 12.8 Å². The van der Waals surface area contributed by atoms with Crippen LogP contribution in [-0.2, 0) is 4.79 Å². The van der Waals surface area contributed by atoms with Gasteiger partial charge < -0.3 is 25.2 Å². The Balaban J connectivity index is 0.000000540. The Kier molecular flexibility index (Phi) is 9.67. The fourth-order valence-electron chi connectivity index (χ4n) is 3.30. The number of pyridine rings is 2. The molecule has 0 aromatic carbocycles. The molecule has 1 amide bonds. The molecule has 0 aliphatic carbocycles. The lowest BCUT2D eigenvalue weighted by Gasteiger charge is -2.32. The molecule has 3 heterocycles. The highest BCUT2D eigenvalue weighted by molar-refractivity contribution is 5.93. The minimum Gasteiger partial charge on any atom is -0.493 e. The molecule has 0 unspecified atom stereocenters. The van der Waals surface area contributed by atoms with Crippen LogP contribution in [0.15, 0.2) is 30.6 Å². The number of aromatic nitrogens is 2. The summed E-state index contributed by atoms with van der Waals surface area (Å²) < 4.78 is 42.8. The maximum Gasteiger partial charge on any atom is 0.490 e. The van der Waals surface area contributed by atoms with Crippen molar-refractivity contribution in [3.05, 3.63) is 41.9 Å². The number of methoxy groups -OCH3 is 1. The van der Waals surface area contributed by atoms with Gasteiger partial charge in [-0.25, -0.2) is 14.8 Å². The summed E-state index contributed by atoms with van der Waals surface area (Å²) in [5, 5.41) is 7.12. The Morgan fingerprint density at radius 2 is 1.80 bits per heavy atom. The summed E-state index contributed by atoms with van der Waals surface area (Å²) in [6.45, 7) is 6.08. The average molecular weight is 499 g/mol. The van der Waals surface area contributed by atoms with Crippen molar-refractivity contribution in [2.75, 3.05) is 32.5 Å². The zero-order valence-electron chi connectivity index (χ0n) is 19.7. The second kappa shape index (κ2) is 12.2. The topological polar surface area (TPSA) is 128 Å². The number of aliphatic carboxylic acids is 1. The molecule has 2 aromatic rings. The number of hydrogen-bond donors (Lipinski definition) is 2. The number of ether oxygens (including phenoxy) is 2. The molecular weight excluding hydrogens is 469 g/mol. The molecule has 0 atom stereocenters. The second-order valence-corrected chi connectivity index (χ2v) is 8.31. The van der Waals surface area contributed by atoms with E-state index in [1.54, 1.807) is 19.4 Å². The molecule has 35 heavy (non-hydrogen) atoms. The van der Waals surface area contributed by atoms with E-state index in [1.807, 2.05) is 23.2 Å². The molecule has 0 saturated carbocycles. The number of halogens is 3. The van der Waals surface area contributed by atoms with E-state index in [-0.39, 0.29) is 5.91 Å². The number of carbonyl (C=O) groups is 2. The van der Waals surface area contributed by atoms with Gasteiger partial charge in [0.15, 0.2) is 11.5 Å². The van der Waals surface area contributed by atoms with Crippen molar-refractivity contribution in [1.29, 1.82) is 0 Å². The van der Waals surface area contributed by atoms with Crippen LogP contribution in [0.1, 0.15) is 48.7 Å². The minimum atomic E-state index is -5.08. The number of carbonyl (C=O) groups excluding carboxylic acids is 1. The molecular formula is C23H29F3N4O5. The smallest absolute Gasteiger partial charge is 0.490 e. The van der Waals surface area contributed by atoms with E-state index in [4.69, 9.17) is 25.1 Å². The summed E-state index contributed by atoms with van der Waals surface area (Å²) in [5.41, 5.74) is 7.21. The van der Waals surface area contributed by atoms with Crippen molar-refractivity contribution in [1.82, 2.24) is 14.9 Å². The highest BCUT2D eigenvalue weighted by Gasteiger charge is 2.38. The molecule has 192 valence electrons. The quantitative estimate of drug-likeness (QED) is 0.616. The van der Waals surface area contributed by atoms with Crippen molar-refractivity contribution < 1.29 is 37.3 Å². The third-order valence-electron chi connectivity index (χ3n) is 5.15. The van der Waals surface area contributed by atoms with Crippen LogP contribution in [0.5, 0.6) is 11.5 Å². The number of nitrogen functional groups attached to an aromatic ring is 1. The summed E-state index contributed by atoms with van der Waals surface area (Å²) in [4.78, 5) is 32.1. The summed E-state index contributed by atoms with van der Waals surface area (Å²) in [6.07, 6.45) is 0.106. The molecule has 1 saturated heterocycles. The van der Waals surface area contributed by atoms with Gasteiger partial charge in [0.1, 0.15) is 11.5 Å². The number of carboxylic acids is 1. The Labute approximate surface area is 201 Å². The number of likely N-dealkylation sites (tertiary alicyclic amines) is 1. The van der Waals surface area contributed by atoms with Gasteiger partial charge in [-0.05, 0) is 36.3 Å². The lowest BCUT2D eigenvalue weighted by molar-refractivity contribution is -0.192. The number of hydrogen-bond acceptors (Lipinski definition) is 7. The maximum atomic E-state index is 12.9. The number of piperidine rings is 1. The number of anilines is 1. The van der Waals surface area contributed by atoms with Gasteiger partial charge >= 0.3 is 12.1 Å². The average Bonchev–Trinajstić information content (AvgIpc) is 2.82. The normalized spacial score (nSPS) is 14.2. The van der Waals surface area contributed by atoms with E-state index in [2.05, 4.69) is 23.8 Å². The van der Waals surface area contributed by atoms with Gasteiger partial charge in [0, 0.05) is 25.4 Å². The van der Waals surface area contributed by atoms with Crippen molar-refractivity contribution in [3.63, 3.8) is 0 Å². The van der Waals surface area contributed by atoms with Crippen molar-refractivity contribution in [3.8, 4) is 11.5 Å². The highest BCUT2D eigenvalue weighted by Crippen LogP contribution is 2.30. The van der Waals surface area contributed by atoms with Crippen LogP contribution in [0.2, 0.25) is 0 Å². The first-order valence-electron chi connectivity index (χ1n) is 10.9. The number of nitrogens with zero attached hydrogens (tertiary/aromatic N) is 3. The SMILES string of the molecule is COc1cc(C(=O)N2CCC(c3ccc(N)nc3)CC2)ncc1OCC(C)C.O=C(O)C(F)(F)F. The van der Waals surface area contributed by atoms with E-state index in [9.17, 15) is 18.0 Å². The van der Waals surface area contributed by atoms with Gasteiger partial charge in [0.25, 0.3) is 5.91 Å². The monoisotopic (exact) mass is 498 g/mol. The first kappa shape index (κ1) is 27.7. The minimum absolute atomic E-state index is 0.0809. The number of amides is 1. The Hall–Kier alpha value is -3.57. The molecule has 3 rings (SSSR count). The van der Waals surface area contributed by atoms with Crippen LogP contribution in [-0.4, -0.2) is 64.8 Å². The van der Waals surface area contributed by atoms with E-state index in [0.29, 0.717) is 54.5 Å². The van der Waals surface area contributed by atoms with Crippen LogP contribution in [0, 0.1) is 5.92 Å². The van der Waals surface area contributed by atoms with Crippen LogP contribution in [0.25, 0.3) is 0 Å². The number of rotatable bonds is 6. The lowest BCUT2D eigenvalue weighted by atomic mass is 9.90. The molecule has 0 radical (unpaired) electrons. The highest BCUT2D eigenvalue weighted by atomic mass is 19.4. The molecule has 9 nitrogen and oxygen atoms in total. The molecule has 1 fully saturated rings.